The third-order valence-electron chi connectivity index (χ3n) is 6.34. The van der Waals surface area contributed by atoms with E-state index in [0.29, 0.717) is 20.9 Å². The lowest BCUT2D eigenvalue weighted by Gasteiger charge is -2.25. The third kappa shape index (κ3) is 3.55. The number of aromatic nitrogens is 1. The third-order valence-corrected chi connectivity index (χ3v) is 8.54. The van der Waals surface area contributed by atoms with Gasteiger partial charge in [-0.1, -0.05) is 29.8 Å². The van der Waals surface area contributed by atoms with Crippen LogP contribution in [0.1, 0.15) is 26.4 Å². The molecule has 0 bridgehead atoms. The molecule has 0 saturated carbocycles. The maximum atomic E-state index is 15.3. The van der Waals surface area contributed by atoms with E-state index in [2.05, 4.69) is 4.98 Å². The summed E-state index contributed by atoms with van der Waals surface area (Å²) in [7, 11) is 0. The minimum atomic E-state index is -5.59. The van der Waals surface area contributed by atoms with Crippen molar-refractivity contribution in [3.8, 4) is 20.9 Å². The van der Waals surface area contributed by atoms with E-state index in [1.54, 1.807) is 24.3 Å². The fourth-order valence-electron chi connectivity index (χ4n) is 4.41. The Balaban J connectivity index is 1.77. The fraction of sp³-hybridized carbons (Fsp3) is 0.222. The summed E-state index contributed by atoms with van der Waals surface area (Å²) in [5, 5.41) is 0. The summed E-state index contributed by atoms with van der Waals surface area (Å²) >= 11 is 2.18. The van der Waals surface area contributed by atoms with Gasteiger partial charge >= 0.3 is 17.8 Å². The van der Waals surface area contributed by atoms with Crippen molar-refractivity contribution in [2.75, 3.05) is 0 Å². The average Bonchev–Trinajstić information content (AvgIpc) is 3.42. The van der Waals surface area contributed by atoms with Crippen molar-refractivity contribution >= 4 is 33.8 Å². The summed E-state index contributed by atoms with van der Waals surface area (Å²) < 4.78 is 90.9. The molecule has 0 spiro atoms. The number of allylic oxidation sites excluding steroid dienone is 2. The first-order chi connectivity index (χ1) is 16.9. The maximum Gasteiger partial charge on any atom is 0.380 e. The first-order valence-corrected chi connectivity index (χ1v) is 12.6. The summed E-state index contributed by atoms with van der Waals surface area (Å²) in [6, 6.07) is 13.1. The zero-order valence-electron chi connectivity index (χ0n) is 19.3. The molecule has 1 aliphatic carbocycles. The van der Waals surface area contributed by atoms with Gasteiger partial charge in [0, 0.05) is 43.0 Å². The monoisotopic (exact) mass is 535 g/mol. The molecule has 1 nitrogen and oxygen atoms in total. The molecule has 9 heteroatoms. The molecule has 186 valence electrons. The van der Waals surface area contributed by atoms with Crippen molar-refractivity contribution in [3.63, 3.8) is 0 Å². The Hall–Kier alpha value is -2.91. The van der Waals surface area contributed by atoms with Crippen molar-refractivity contribution in [1.82, 2.24) is 4.98 Å². The van der Waals surface area contributed by atoms with Crippen LogP contribution in [-0.4, -0.2) is 22.8 Å². The van der Waals surface area contributed by atoms with E-state index in [9.17, 15) is 8.78 Å². The molecule has 0 unspecified atom stereocenters. The highest BCUT2D eigenvalue weighted by Gasteiger charge is 2.80. The van der Waals surface area contributed by atoms with Gasteiger partial charge in [0.05, 0.1) is 0 Å². The summed E-state index contributed by atoms with van der Waals surface area (Å²) in [6.07, 6.45) is 3.01. The zero-order chi connectivity index (χ0) is 26.0. The molecule has 0 radical (unpaired) electrons. The van der Waals surface area contributed by atoms with Gasteiger partial charge in [-0.25, -0.2) is 0 Å². The standard InChI is InChI=1S/C27H19F6NS2/c1-14-4-6-17(7-5-14)21-12-19(15(2)35-21)23-24(26(30,31)27(32,33)25(23,28)29)20-13-22(36-16(20)3)18-8-10-34-11-9-18/h4-13H,1-3H3. The first-order valence-electron chi connectivity index (χ1n) is 10.9. The molecule has 36 heavy (non-hydrogen) atoms. The second-order valence-electron chi connectivity index (χ2n) is 8.74. The number of benzene rings is 1. The summed E-state index contributed by atoms with van der Waals surface area (Å²) in [5.74, 6) is -15.7. The zero-order valence-corrected chi connectivity index (χ0v) is 20.9. The van der Waals surface area contributed by atoms with Crippen LogP contribution in [-0.2, 0) is 0 Å². The SMILES string of the molecule is Cc1ccc(-c2cc(C3=C(c4cc(-c5ccncc5)sc4C)C(F)(F)C(F)(F)C3(F)F)c(C)s2)cc1. The number of hydrogen-bond acceptors (Lipinski definition) is 3. The molecule has 0 atom stereocenters. The van der Waals surface area contributed by atoms with E-state index in [0.717, 1.165) is 28.2 Å². The van der Waals surface area contributed by atoms with Gasteiger partial charge in [-0.15, -0.1) is 22.7 Å². The smallest absolute Gasteiger partial charge is 0.265 e. The quantitative estimate of drug-likeness (QED) is 0.237. The van der Waals surface area contributed by atoms with Crippen LogP contribution in [0.2, 0.25) is 0 Å². The van der Waals surface area contributed by atoms with E-state index in [1.807, 2.05) is 19.1 Å². The van der Waals surface area contributed by atoms with Crippen molar-refractivity contribution in [2.45, 2.75) is 38.5 Å². The number of thiophene rings is 2. The number of rotatable bonds is 4. The van der Waals surface area contributed by atoms with Crippen LogP contribution in [0.5, 0.6) is 0 Å². The molecule has 0 aliphatic heterocycles. The van der Waals surface area contributed by atoms with E-state index >= 15 is 17.6 Å². The number of aryl methyl sites for hydroxylation is 3. The molecule has 1 aliphatic rings. The normalized spacial score (nSPS) is 18.1. The molecular formula is C27H19F6NS2. The van der Waals surface area contributed by atoms with Crippen LogP contribution in [0.25, 0.3) is 32.0 Å². The molecule has 3 heterocycles. The first kappa shape index (κ1) is 24.8. The van der Waals surface area contributed by atoms with E-state index in [4.69, 9.17) is 0 Å². The van der Waals surface area contributed by atoms with Gasteiger partial charge in [0.25, 0.3) is 0 Å². The number of alkyl halides is 6. The van der Waals surface area contributed by atoms with Gasteiger partial charge in [0.1, 0.15) is 0 Å². The molecule has 0 fully saturated rings. The Morgan fingerprint density at radius 1 is 0.611 bits per heavy atom. The van der Waals surface area contributed by atoms with Crippen LogP contribution in [0.15, 0.2) is 60.9 Å². The number of halogens is 6. The second kappa shape index (κ2) is 8.31. The average molecular weight is 536 g/mol. The molecule has 1 aromatic carbocycles. The predicted octanol–water partition coefficient (Wildman–Crippen LogP) is 9.29. The summed E-state index contributed by atoms with van der Waals surface area (Å²) in [4.78, 5) is 5.44. The number of pyridine rings is 1. The largest absolute Gasteiger partial charge is 0.380 e. The molecule has 0 amide bonds. The van der Waals surface area contributed by atoms with Gasteiger partial charge in [-0.3, -0.25) is 4.98 Å². The Morgan fingerprint density at radius 3 is 1.47 bits per heavy atom. The molecular weight excluding hydrogens is 516 g/mol. The summed E-state index contributed by atoms with van der Waals surface area (Å²) in [6.45, 7) is 4.84. The summed E-state index contributed by atoms with van der Waals surface area (Å²) in [5.41, 5.74) is -0.922. The Labute approximate surface area is 211 Å². The van der Waals surface area contributed by atoms with Crippen LogP contribution in [0, 0.1) is 20.8 Å². The van der Waals surface area contributed by atoms with Crippen LogP contribution < -0.4 is 0 Å². The molecule has 4 aromatic rings. The lowest BCUT2D eigenvalue weighted by Crippen LogP contribution is -2.48. The lowest BCUT2D eigenvalue weighted by molar-refractivity contribution is -0.254. The molecule has 3 aromatic heterocycles. The maximum absolute atomic E-state index is 15.3. The van der Waals surface area contributed by atoms with E-state index in [1.165, 1.54) is 38.4 Å². The molecule has 0 saturated heterocycles. The Kier molecular flexibility index (Phi) is 5.72. The highest BCUT2D eigenvalue weighted by molar-refractivity contribution is 7.16. The van der Waals surface area contributed by atoms with Crippen molar-refractivity contribution in [2.24, 2.45) is 0 Å². The highest BCUT2D eigenvalue weighted by Crippen LogP contribution is 2.66. The number of hydrogen-bond donors (Lipinski definition) is 0. The highest BCUT2D eigenvalue weighted by atomic mass is 32.1. The topological polar surface area (TPSA) is 12.9 Å². The minimum Gasteiger partial charge on any atom is -0.265 e. The van der Waals surface area contributed by atoms with Gasteiger partial charge in [-0.05, 0) is 67.3 Å². The second-order valence-corrected chi connectivity index (χ2v) is 11.2. The van der Waals surface area contributed by atoms with Crippen LogP contribution >= 0.6 is 22.7 Å². The molecule has 5 rings (SSSR count). The van der Waals surface area contributed by atoms with Crippen molar-refractivity contribution in [3.05, 3.63) is 87.4 Å². The van der Waals surface area contributed by atoms with Crippen molar-refractivity contribution < 1.29 is 26.3 Å². The van der Waals surface area contributed by atoms with Gasteiger partial charge < -0.3 is 0 Å². The Bertz CT molecular complexity index is 1480. The minimum absolute atomic E-state index is 0.245. The lowest BCUT2D eigenvalue weighted by atomic mass is 9.94. The molecule has 0 N–H and O–H groups in total. The van der Waals surface area contributed by atoms with E-state index < -0.39 is 28.9 Å². The van der Waals surface area contributed by atoms with Gasteiger partial charge in [0.2, 0.25) is 0 Å². The van der Waals surface area contributed by atoms with Gasteiger partial charge in [-0.2, -0.15) is 26.3 Å². The number of nitrogens with zero attached hydrogens (tertiary/aromatic N) is 1. The van der Waals surface area contributed by atoms with Crippen LogP contribution in [0.4, 0.5) is 26.3 Å². The fourth-order valence-corrected chi connectivity index (χ4v) is 6.47. The Morgan fingerprint density at radius 2 is 1.03 bits per heavy atom. The van der Waals surface area contributed by atoms with E-state index in [-0.39, 0.29) is 20.9 Å². The van der Waals surface area contributed by atoms with Crippen LogP contribution in [0.3, 0.4) is 0 Å². The predicted molar refractivity (Wildman–Crippen MR) is 133 cm³/mol. The van der Waals surface area contributed by atoms with Crippen molar-refractivity contribution in [1.29, 1.82) is 0 Å². The van der Waals surface area contributed by atoms with Gasteiger partial charge in [0.15, 0.2) is 0 Å².